The maximum absolute atomic E-state index is 12.2. The van der Waals surface area contributed by atoms with Crippen LogP contribution in [0.15, 0.2) is 38.6 Å². The molecule has 1 aliphatic rings. The first-order valence-corrected chi connectivity index (χ1v) is 9.96. The van der Waals surface area contributed by atoms with E-state index in [0.29, 0.717) is 23.3 Å². The molecule has 22 heavy (non-hydrogen) atoms. The topological polar surface area (TPSA) is 70.6 Å². The lowest BCUT2D eigenvalue weighted by Crippen LogP contribution is -2.39. The number of hydrogen-bond donors (Lipinski definition) is 2. The number of halogens is 1. The number of hydrogen-bond acceptors (Lipinski definition) is 3. The van der Waals surface area contributed by atoms with E-state index in [-0.39, 0.29) is 5.75 Å². The zero-order valence-electron chi connectivity index (χ0n) is 12.7. The first-order chi connectivity index (χ1) is 10.5. The second-order valence-corrected chi connectivity index (χ2v) is 8.39. The van der Waals surface area contributed by atoms with E-state index in [4.69, 9.17) is 0 Å². The van der Waals surface area contributed by atoms with E-state index in [1.54, 1.807) is 24.3 Å². The van der Waals surface area contributed by atoms with Gasteiger partial charge >= 0.3 is 0 Å². The molecular weight excluding hydrogens is 366 g/mol. The molecule has 1 fully saturated rings. The van der Waals surface area contributed by atoms with Crippen molar-refractivity contribution in [2.24, 2.45) is 10.9 Å². The molecule has 1 aliphatic carbocycles. The third kappa shape index (κ3) is 5.61. The van der Waals surface area contributed by atoms with Crippen LogP contribution in [0.3, 0.4) is 0 Å². The van der Waals surface area contributed by atoms with E-state index >= 15 is 0 Å². The molecule has 0 bridgehead atoms. The van der Waals surface area contributed by atoms with Gasteiger partial charge in [0.05, 0.1) is 10.6 Å². The summed E-state index contributed by atoms with van der Waals surface area (Å²) in [4.78, 5) is 4.82. The summed E-state index contributed by atoms with van der Waals surface area (Å²) in [6, 6.07) is 6.71. The smallest absolute Gasteiger partial charge is 0.191 e. The summed E-state index contributed by atoms with van der Waals surface area (Å²) in [6.07, 6.45) is 2.50. The van der Waals surface area contributed by atoms with Crippen molar-refractivity contribution in [3.8, 4) is 0 Å². The van der Waals surface area contributed by atoms with Crippen molar-refractivity contribution in [1.29, 1.82) is 0 Å². The summed E-state index contributed by atoms with van der Waals surface area (Å²) in [7, 11) is -3.27. The van der Waals surface area contributed by atoms with Crippen molar-refractivity contribution in [2.45, 2.75) is 24.7 Å². The van der Waals surface area contributed by atoms with Gasteiger partial charge in [-0.3, -0.25) is 4.99 Å². The Labute approximate surface area is 140 Å². The molecular formula is C15H22BrN3O2S. The maximum Gasteiger partial charge on any atom is 0.191 e. The van der Waals surface area contributed by atoms with Crippen LogP contribution in [0.25, 0.3) is 0 Å². The van der Waals surface area contributed by atoms with Gasteiger partial charge in [0.15, 0.2) is 15.8 Å². The van der Waals surface area contributed by atoms with Crippen molar-refractivity contribution >= 4 is 31.7 Å². The van der Waals surface area contributed by atoms with Crippen molar-refractivity contribution in [2.75, 3.05) is 25.4 Å². The van der Waals surface area contributed by atoms with Crippen LogP contribution in [-0.4, -0.2) is 39.8 Å². The number of benzene rings is 1. The Morgan fingerprint density at radius 2 is 1.95 bits per heavy atom. The molecule has 1 aromatic carbocycles. The largest absolute Gasteiger partial charge is 0.357 e. The van der Waals surface area contributed by atoms with Gasteiger partial charge in [0.25, 0.3) is 0 Å². The van der Waals surface area contributed by atoms with Crippen LogP contribution in [0.1, 0.15) is 19.8 Å². The minimum atomic E-state index is -3.27. The number of aliphatic imine (C=N–C) groups is 1. The fraction of sp³-hybridized carbons (Fsp3) is 0.533. The summed E-state index contributed by atoms with van der Waals surface area (Å²) in [5.74, 6) is 1.45. The number of guanidine groups is 1. The molecule has 0 unspecified atom stereocenters. The van der Waals surface area contributed by atoms with Crippen molar-refractivity contribution in [3.63, 3.8) is 0 Å². The number of nitrogens with one attached hydrogen (secondary N) is 2. The number of rotatable bonds is 7. The fourth-order valence-corrected chi connectivity index (χ4v) is 3.35. The molecule has 1 saturated carbocycles. The first-order valence-electron chi connectivity index (χ1n) is 7.52. The lowest BCUT2D eigenvalue weighted by Gasteiger charge is -2.11. The van der Waals surface area contributed by atoms with Gasteiger partial charge in [-0.15, -0.1) is 0 Å². The van der Waals surface area contributed by atoms with Gasteiger partial charge in [-0.1, -0.05) is 15.9 Å². The molecule has 122 valence electrons. The molecule has 0 spiro atoms. The van der Waals surface area contributed by atoms with Crippen LogP contribution in [0.2, 0.25) is 0 Å². The molecule has 0 aliphatic heterocycles. The highest BCUT2D eigenvalue weighted by Gasteiger charge is 2.20. The third-order valence-corrected chi connectivity index (χ3v) is 5.65. The lowest BCUT2D eigenvalue weighted by atomic mass is 10.4. The fourth-order valence-electron chi connectivity index (χ4n) is 1.93. The molecule has 0 heterocycles. The van der Waals surface area contributed by atoms with Crippen LogP contribution in [-0.2, 0) is 9.84 Å². The standard InChI is InChI=1S/C15H22BrN3O2S/c1-2-17-15(19-11-12-3-4-12)18-9-10-22(20,21)14-7-5-13(16)6-8-14/h5-8,12H,2-4,9-11H2,1H3,(H2,17,18,19). The van der Waals surface area contributed by atoms with E-state index in [1.807, 2.05) is 6.92 Å². The molecule has 0 aromatic heterocycles. The monoisotopic (exact) mass is 387 g/mol. The van der Waals surface area contributed by atoms with Crippen LogP contribution in [0.5, 0.6) is 0 Å². The van der Waals surface area contributed by atoms with E-state index in [0.717, 1.165) is 17.6 Å². The second kappa shape index (κ2) is 7.97. The molecule has 0 saturated heterocycles. The average molecular weight is 388 g/mol. The van der Waals surface area contributed by atoms with Crippen molar-refractivity contribution < 1.29 is 8.42 Å². The van der Waals surface area contributed by atoms with Crippen LogP contribution >= 0.6 is 15.9 Å². The minimum Gasteiger partial charge on any atom is -0.357 e. The Balaban J connectivity index is 1.87. The highest BCUT2D eigenvalue weighted by Crippen LogP contribution is 2.28. The Morgan fingerprint density at radius 3 is 2.55 bits per heavy atom. The summed E-state index contributed by atoms with van der Waals surface area (Å²) < 4.78 is 25.4. The molecule has 1 aromatic rings. The molecule has 0 amide bonds. The van der Waals surface area contributed by atoms with Gasteiger partial charge in [0.2, 0.25) is 0 Å². The second-order valence-electron chi connectivity index (χ2n) is 5.36. The van der Waals surface area contributed by atoms with Crippen LogP contribution in [0, 0.1) is 5.92 Å². The highest BCUT2D eigenvalue weighted by atomic mass is 79.9. The van der Waals surface area contributed by atoms with Crippen LogP contribution < -0.4 is 10.6 Å². The Bertz CT molecular complexity index is 610. The Morgan fingerprint density at radius 1 is 1.27 bits per heavy atom. The minimum absolute atomic E-state index is 0.0441. The van der Waals surface area contributed by atoms with Crippen LogP contribution in [0.4, 0.5) is 0 Å². The van der Waals surface area contributed by atoms with Crippen molar-refractivity contribution in [1.82, 2.24) is 10.6 Å². The van der Waals surface area contributed by atoms with E-state index in [9.17, 15) is 8.42 Å². The zero-order chi connectivity index (χ0) is 16.0. The Hall–Kier alpha value is -1.08. The van der Waals surface area contributed by atoms with Crippen molar-refractivity contribution in [3.05, 3.63) is 28.7 Å². The normalized spacial score (nSPS) is 15.6. The lowest BCUT2D eigenvalue weighted by molar-refractivity contribution is 0.594. The third-order valence-electron chi connectivity index (χ3n) is 3.38. The summed E-state index contributed by atoms with van der Waals surface area (Å²) in [5.41, 5.74) is 0. The predicted molar refractivity (Wildman–Crippen MR) is 92.9 cm³/mol. The quantitative estimate of drug-likeness (QED) is 0.555. The van der Waals surface area contributed by atoms with Gasteiger partial charge in [-0.05, 0) is 49.9 Å². The van der Waals surface area contributed by atoms with Gasteiger partial charge in [0, 0.05) is 24.1 Å². The van der Waals surface area contributed by atoms with Gasteiger partial charge < -0.3 is 10.6 Å². The summed E-state index contributed by atoms with van der Waals surface area (Å²) in [5, 5.41) is 6.23. The van der Waals surface area contributed by atoms with E-state index < -0.39 is 9.84 Å². The highest BCUT2D eigenvalue weighted by molar-refractivity contribution is 9.10. The molecule has 2 N–H and O–H groups in total. The molecule has 7 heteroatoms. The molecule has 5 nitrogen and oxygen atoms in total. The van der Waals surface area contributed by atoms with E-state index in [1.165, 1.54) is 12.8 Å². The van der Waals surface area contributed by atoms with E-state index in [2.05, 4.69) is 31.6 Å². The zero-order valence-corrected chi connectivity index (χ0v) is 15.1. The summed E-state index contributed by atoms with van der Waals surface area (Å²) >= 11 is 3.30. The maximum atomic E-state index is 12.2. The predicted octanol–water partition coefficient (Wildman–Crippen LogP) is 2.19. The number of sulfone groups is 1. The van der Waals surface area contributed by atoms with Gasteiger partial charge in [-0.2, -0.15) is 0 Å². The molecule has 0 radical (unpaired) electrons. The molecule has 2 rings (SSSR count). The SMILES string of the molecule is CCNC(=NCC1CC1)NCCS(=O)(=O)c1ccc(Br)cc1. The molecule has 0 atom stereocenters. The average Bonchev–Trinajstić information content (AvgIpc) is 3.29. The first kappa shape index (κ1) is 17.3. The van der Waals surface area contributed by atoms with Gasteiger partial charge in [-0.25, -0.2) is 8.42 Å². The van der Waals surface area contributed by atoms with Gasteiger partial charge in [0.1, 0.15) is 0 Å². The number of nitrogens with zero attached hydrogens (tertiary/aromatic N) is 1. The summed E-state index contributed by atoms with van der Waals surface area (Å²) in [6.45, 7) is 3.91. The Kier molecular flexibility index (Phi) is 6.26.